The molecule has 1 aromatic rings. The van der Waals surface area contributed by atoms with Crippen LogP contribution in [0.4, 0.5) is 5.69 Å². The normalized spacial score (nSPS) is 16.0. The molecular formula is C28H48N2. The molecular weight excluding hydrogens is 364 g/mol. The maximum Gasteiger partial charge on any atom is 0.105 e. The fourth-order valence-corrected chi connectivity index (χ4v) is 4.61. The van der Waals surface area contributed by atoms with E-state index in [9.17, 15) is 0 Å². The van der Waals surface area contributed by atoms with Gasteiger partial charge in [0, 0.05) is 24.6 Å². The molecule has 0 bridgehead atoms. The highest BCUT2D eigenvalue weighted by atomic mass is 15.4. The Hall–Kier alpha value is -1.44. The van der Waals surface area contributed by atoms with Crippen LogP contribution < -0.4 is 4.90 Å². The summed E-state index contributed by atoms with van der Waals surface area (Å²) in [5.74, 6) is 0. The SMILES string of the molecule is CCCCCCCCCCCCCCN1C=CN(c2ccccc2)C1CCCCC. The van der Waals surface area contributed by atoms with E-state index in [1.165, 1.54) is 115 Å². The van der Waals surface area contributed by atoms with Gasteiger partial charge in [-0.3, -0.25) is 0 Å². The van der Waals surface area contributed by atoms with E-state index in [2.05, 4.69) is 66.4 Å². The van der Waals surface area contributed by atoms with Crippen LogP contribution in [0.2, 0.25) is 0 Å². The third kappa shape index (κ3) is 9.58. The Bertz CT molecular complexity index is 539. The first-order chi connectivity index (χ1) is 14.9. The van der Waals surface area contributed by atoms with Crippen LogP contribution in [0.1, 0.15) is 117 Å². The van der Waals surface area contributed by atoms with Gasteiger partial charge in [0.15, 0.2) is 0 Å². The fourth-order valence-electron chi connectivity index (χ4n) is 4.61. The zero-order valence-corrected chi connectivity index (χ0v) is 20.0. The highest BCUT2D eigenvalue weighted by molar-refractivity contribution is 5.51. The molecule has 0 radical (unpaired) electrons. The van der Waals surface area contributed by atoms with Crippen LogP contribution in [0.5, 0.6) is 0 Å². The van der Waals surface area contributed by atoms with Crippen molar-refractivity contribution in [1.29, 1.82) is 0 Å². The Morgan fingerprint density at radius 1 is 0.600 bits per heavy atom. The van der Waals surface area contributed by atoms with E-state index < -0.39 is 0 Å². The molecule has 0 fully saturated rings. The molecule has 1 aromatic carbocycles. The van der Waals surface area contributed by atoms with Crippen LogP contribution in [0.25, 0.3) is 0 Å². The van der Waals surface area contributed by atoms with Crippen molar-refractivity contribution >= 4 is 5.69 Å². The minimum atomic E-state index is 0.506. The maximum atomic E-state index is 2.60. The van der Waals surface area contributed by atoms with Crippen molar-refractivity contribution in [2.45, 2.75) is 123 Å². The lowest BCUT2D eigenvalue weighted by Gasteiger charge is -2.33. The smallest absolute Gasteiger partial charge is 0.105 e. The molecule has 2 heteroatoms. The van der Waals surface area contributed by atoms with Gasteiger partial charge in [0.25, 0.3) is 0 Å². The molecule has 0 saturated heterocycles. The van der Waals surface area contributed by atoms with E-state index >= 15 is 0 Å². The summed E-state index contributed by atoms with van der Waals surface area (Å²) in [6.45, 7) is 5.80. The monoisotopic (exact) mass is 412 g/mol. The molecule has 0 aromatic heterocycles. The summed E-state index contributed by atoms with van der Waals surface area (Å²) in [6.07, 6.45) is 27.4. The number of anilines is 1. The Balaban J connectivity index is 1.60. The van der Waals surface area contributed by atoms with Gasteiger partial charge in [-0.25, -0.2) is 0 Å². The highest BCUT2D eigenvalue weighted by Crippen LogP contribution is 2.28. The highest BCUT2D eigenvalue weighted by Gasteiger charge is 2.26. The Morgan fingerprint density at radius 2 is 1.13 bits per heavy atom. The third-order valence-corrected chi connectivity index (χ3v) is 6.51. The van der Waals surface area contributed by atoms with Gasteiger partial charge in [-0.15, -0.1) is 0 Å². The van der Waals surface area contributed by atoms with Crippen LogP contribution in [0.15, 0.2) is 42.7 Å². The topological polar surface area (TPSA) is 6.48 Å². The van der Waals surface area contributed by atoms with Crippen molar-refractivity contribution in [3.63, 3.8) is 0 Å². The lowest BCUT2D eigenvalue weighted by atomic mass is 10.1. The number of nitrogens with zero attached hydrogens (tertiary/aromatic N) is 2. The summed E-state index contributed by atoms with van der Waals surface area (Å²) in [6, 6.07) is 10.9. The van der Waals surface area contributed by atoms with E-state index in [0.717, 1.165) is 0 Å². The van der Waals surface area contributed by atoms with Gasteiger partial charge in [0.2, 0.25) is 0 Å². The van der Waals surface area contributed by atoms with Gasteiger partial charge in [0.05, 0.1) is 0 Å². The lowest BCUT2D eigenvalue weighted by molar-refractivity contribution is 0.273. The van der Waals surface area contributed by atoms with E-state index in [0.29, 0.717) is 6.17 Å². The molecule has 0 aliphatic carbocycles. The molecule has 0 saturated carbocycles. The quantitative estimate of drug-likeness (QED) is 0.222. The third-order valence-electron chi connectivity index (χ3n) is 6.51. The standard InChI is InChI=1S/C28H48N2/c1-3-5-7-8-9-10-11-12-13-14-15-20-24-29-25-26-30(27-21-18-16-19-22-27)28(29)23-17-6-4-2/h16,18-19,21-22,25-26,28H,3-15,17,20,23-24H2,1-2H3. The van der Waals surface area contributed by atoms with Gasteiger partial charge < -0.3 is 9.80 Å². The predicted molar refractivity (Wildman–Crippen MR) is 134 cm³/mol. The number of unbranched alkanes of at least 4 members (excludes halogenated alkanes) is 13. The summed E-state index contributed by atoms with van der Waals surface area (Å²) in [5.41, 5.74) is 1.33. The molecule has 1 aliphatic rings. The second-order valence-corrected chi connectivity index (χ2v) is 9.14. The van der Waals surface area contributed by atoms with Gasteiger partial charge in [-0.1, -0.05) is 116 Å². The molecule has 0 spiro atoms. The first kappa shape index (κ1) is 24.8. The van der Waals surface area contributed by atoms with Crippen LogP contribution in [-0.4, -0.2) is 17.6 Å². The Kier molecular flexibility index (Phi) is 13.5. The molecule has 2 rings (SSSR count). The van der Waals surface area contributed by atoms with Crippen molar-refractivity contribution in [2.24, 2.45) is 0 Å². The van der Waals surface area contributed by atoms with Gasteiger partial charge >= 0.3 is 0 Å². The lowest BCUT2D eigenvalue weighted by Crippen LogP contribution is -2.39. The van der Waals surface area contributed by atoms with Gasteiger partial charge in [0.1, 0.15) is 6.17 Å². The zero-order chi connectivity index (χ0) is 21.3. The van der Waals surface area contributed by atoms with Crippen LogP contribution in [0, 0.1) is 0 Å². The van der Waals surface area contributed by atoms with Crippen molar-refractivity contribution < 1.29 is 0 Å². The molecule has 30 heavy (non-hydrogen) atoms. The number of para-hydroxylation sites is 1. The summed E-state index contributed by atoms with van der Waals surface area (Å²) in [5, 5.41) is 0. The fraction of sp³-hybridized carbons (Fsp3) is 0.714. The van der Waals surface area contributed by atoms with Crippen LogP contribution in [-0.2, 0) is 0 Å². The van der Waals surface area contributed by atoms with Crippen LogP contribution in [0.3, 0.4) is 0 Å². The Morgan fingerprint density at radius 3 is 1.73 bits per heavy atom. The molecule has 0 amide bonds. The van der Waals surface area contributed by atoms with E-state index in [4.69, 9.17) is 0 Å². The van der Waals surface area contributed by atoms with E-state index in [-0.39, 0.29) is 0 Å². The average Bonchev–Trinajstić information content (AvgIpc) is 3.18. The number of benzene rings is 1. The minimum absolute atomic E-state index is 0.506. The second-order valence-electron chi connectivity index (χ2n) is 9.14. The molecule has 1 unspecified atom stereocenters. The average molecular weight is 413 g/mol. The first-order valence-electron chi connectivity index (χ1n) is 13.1. The molecule has 1 heterocycles. The molecule has 1 atom stereocenters. The molecule has 170 valence electrons. The summed E-state index contributed by atoms with van der Waals surface area (Å²) in [7, 11) is 0. The van der Waals surface area contributed by atoms with Gasteiger partial charge in [-0.05, 0) is 31.4 Å². The van der Waals surface area contributed by atoms with Crippen molar-refractivity contribution in [2.75, 3.05) is 11.4 Å². The number of hydrogen-bond acceptors (Lipinski definition) is 2. The summed E-state index contributed by atoms with van der Waals surface area (Å²) < 4.78 is 0. The van der Waals surface area contributed by atoms with Crippen LogP contribution >= 0.6 is 0 Å². The number of rotatable bonds is 18. The summed E-state index contributed by atoms with van der Waals surface area (Å²) >= 11 is 0. The first-order valence-corrected chi connectivity index (χ1v) is 13.1. The molecule has 2 nitrogen and oxygen atoms in total. The molecule has 1 aliphatic heterocycles. The van der Waals surface area contributed by atoms with Gasteiger partial charge in [-0.2, -0.15) is 0 Å². The molecule has 0 N–H and O–H groups in total. The van der Waals surface area contributed by atoms with E-state index in [1.54, 1.807) is 0 Å². The van der Waals surface area contributed by atoms with Crippen molar-refractivity contribution in [1.82, 2.24) is 4.90 Å². The maximum absolute atomic E-state index is 2.60. The second kappa shape index (κ2) is 16.3. The largest absolute Gasteiger partial charge is 0.356 e. The summed E-state index contributed by atoms with van der Waals surface area (Å²) in [4.78, 5) is 5.08. The van der Waals surface area contributed by atoms with E-state index in [1.807, 2.05) is 0 Å². The van der Waals surface area contributed by atoms with Crippen molar-refractivity contribution in [3.05, 3.63) is 42.7 Å². The minimum Gasteiger partial charge on any atom is -0.356 e. The Labute approximate surface area is 187 Å². The van der Waals surface area contributed by atoms with Crippen molar-refractivity contribution in [3.8, 4) is 0 Å². The predicted octanol–water partition coefficient (Wildman–Crippen LogP) is 8.89. The number of hydrogen-bond donors (Lipinski definition) is 0. The zero-order valence-electron chi connectivity index (χ0n) is 20.0.